The number of benzene rings is 3. The average molecular weight is 475 g/mol. The van der Waals surface area contributed by atoms with Crippen LogP contribution >= 0.6 is 0 Å². The van der Waals surface area contributed by atoms with Gasteiger partial charge in [0.05, 0.1) is 11.4 Å². The van der Waals surface area contributed by atoms with E-state index in [1.807, 2.05) is 102 Å². The van der Waals surface area contributed by atoms with Crippen molar-refractivity contribution in [3.8, 4) is 17.1 Å². The first-order chi connectivity index (χ1) is 17.6. The van der Waals surface area contributed by atoms with Gasteiger partial charge in [0.25, 0.3) is 5.91 Å². The van der Waals surface area contributed by atoms with Crippen molar-refractivity contribution < 1.29 is 4.79 Å². The van der Waals surface area contributed by atoms with E-state index in [0.29, 0.717) is 18.8 Å². The molecule has 0 saturated heterocycles. The minimum absolute atomic E-state index is 0.0377. The molecule has 0 saturated carbocycles. The third kappa shape index (κ3) is 5.15. The van der Waals surface area contributed by atoms with Crippen molar-refractivity contribution in [1.29, 1.82) is 0 Å². The molecule has 1 amide bonds. The smallest absolute Gasteiger partial charge is 0.272 e. The summed E-state index contributed by atoms with van der Waals surface area (Å²) in [5.41, 5.74) is 6.60. The topological polar surface area (TPSA) is 43.1 Å². The van der Waals surface area contributed by atoms with E-state index in [4.69, 9.17) is 5.10 Å². The van der Waals surface area contributed by atoms with Crippen LogP contribution in [-0.2, 0) is 20.0 Å². The molecule has 0 aliphatic heterocycles. The lowest BCUT2D eigenvalue weighted by molar-refractivity contribution is 0.0736. The first kappa shape index (κ1) is 23.4. The van der Waals surface area contributed by atoms with Gasteiger partial charge in [-0.05, 0) is 60.4 Å². The molecule has 0 unspecified atom stereocenters. The van der Waals surface area contributed by atoms with Gasteiger partial charge in [-0.3, -0.25) is 4.79 Å². The van der Waals surface area contributed by atoms with E-state index in [-0.39, 0.29) is 5.91 Å². The molecule has 0 fully saturated rings. The number of hydrogen-bond acceptors (Lipinski definition) is 2. The number of carbonyl (C=O) groups excluding carboxylic acids is 1. The van der Waals surface area contributed by atoms with Gasteiger partial charge < -0.3 is 9.47 Å². The molecule has 0 aliphatic rings. The Morgan fingerprint density at radius 2 is 1.56 bits per heavy atom. The van der Waals surface area contributed by atoms with Gasteiger partial charge >= 0.3 is 0 Å². The van der Waals surface area contributed by atoms with E-state index in [1.165, 1.54) is 5.56 Å². The van der Waals surface area contributed by atoms with Crippen LogP contribution in [0.5, 0.6) is 0 Å². The van der Waals surface area contributed by atoms with Gasteiger partial charge in [0.1, 0.15) is 11.4 Å². The van der Waals surface area contributed by atoms with Crippen molar-refractivity contribution in [3.63, 3.8) is 0 Å². The summed E-state index contributed by atoms with van der Waals surface area (Å²) in [6, 6.07) is 34.5. The van der Waals surface area contributed by atoms with Crippen LogP contribution < -0.4 is 0 Å². The fraction of sp³-hybridized carbons (Fsp3) is 0.161. The number of aromatic nitrogens is 3. The summed E-state index contributed by atoms with van der Waals surface area (Å²) in [5.74, 6) is -0.0377. The zero-order valence-electron chi connectivity index (χ0n) is 20.7. The van der Waals surface area contributed by atoms with Crippen LogP contribution in [0.1, 0.15) is 27.2 Å². The van der Waals surface area contributed by atoms with E-state index < -0.39 is 0 Å². The summed E-state index contributed by atoms with van der Waals surface area (Å²) in [4.78, 5) is 16.1. The van der Waals surface area contributed by atoms with Crippen LogP contribution in [0.4, 0.5) is 0 Å². The Morgan fingerprint density at radius 1 is 0.833 bits per heavy atom. The van der Waals surface area contributed by atoms with Crippen molar-refractivity contribution in [1.82, 2.24) is 19.2 Å². The third-order valence-electron chi connectivity index (χ3n) is 6.40. The van der Waals surface area contributed by atoms with Crippen molar-refractivity contribution in [2.24, 2.45) is 7.05 Å². The first-order valence-electron chi connectivity index (χ1n) is 12.2. The third-order valence-corrected chi connectivity index (χ3v) is 6.40. The maximum Gasteiger partial charge on any atom is 0.272 e. The second kappa shape index (κ2) is 10.5. The molecule has 180 valence electrons. The highest BCUT2D eigenvalue weighted by Gasteiger charge is 2.24. The minimum atomic E-state index is -0.0377. The molecule has 2 aromatic heterocycles. The van der Waals surface area contributed by atoms with Gasteiger partial charge in [-0.25, -0.2) is 4.68 Å². The predicted octanol–water partition coefficient (Wildman–Crippen LogP) is 6.07. The molecule has 5 heteroatoms. The van der Waals surface area contributed by atoms with E-state index >= 15 is 0 Å². The van der Waals surface area contributed by atoms with Gasteiger partial charge in [-0.15, -0.1) is 0 Å². The van der Waals surface area contributed by atoms with Gasteiger partial charge in [0.2, 0.25) is 0 Å². The van der Waals surface area contributed by atoms with Crippen LogP contribution in [0.3, 0.4) is 0 Å². The molecule has 5 nitrogen and oxygen atoms in total. The highest BCUT2D eigenvalue weighted by molar-refractivity contribution is 5.94. The second-order valence-electron chi connectivity index (χ2n) is 9.12. The highest BCUT2D eigenvalue weighted by Crippen LogP contribution is 2.24. The van der Waals surface area contributed by atoms with Gasteiger partial charge in [0, 0.05) is 26.3 Å². The highest BCUT2D eigenvalue weighted by atomic mass is 16.2. The monoisotopic (exact) mass is 474 g/mol. The summed E-state index contributed by atoms with van der Waals surface area (Å²) in [7, 11) is 1.99. The molecule has 36 heavy (non-hydrogen) atoms. The van der Waals surface area contributed by atoms with Crippen molar-refractivity contribution in [2.45, 2.75) is 19.9 Å². The lowest BCUT2D eigenvalue weighted by Crippen LogP contribution is -2.34. The lowest BCUT2D eigenvalue weighted by Gasteiger charge is -2.23. The van der Waals surface area contributed by atoms with Crippen LogP contribution in [0.15, 0.2) is 109 Å². The molecule has 0 N–H and O–H groups in total. The molecule has 0 spiro atoms. The average Bonchev–Trinajstić information content (AvgIpc) is 3.53. The van der Waals surface area contributed by atoms with E-state index in [0.717, 1.165) is 34.6 Å². The van der Waals surface area contributed by atoms with Crippen LogP contribution in [0, 0.1) is 6.92 Å². The molecule has 0 bridgehead atoms. The Balaban J connectivity index is 1.54. The number of rotatable bonds is 8. The Morgan fingerprint density at radius 3 is 2.22 bits per heavy atom. The quantitative estimate of drug-likeness (QED) is 0.274. The molecular weight excluding hydrogens is 444 g/mol. The second-order valence-corrected chi connectivity index (χ2v) is 9.12. The molecule has 0 atom stereocenters. The molecule has 2 heterocycles. The maximum absolute atomic E-state index is 14.2. The summed E-state index contributed by atoms with van der Waals surface area (Å²) < 4.78 is 3.81. The molecule has 0 radical (unpaired) electrons. The summed E-state index contributed by atoms with van der Waals surface area (Å²) in [5, 5.41) is 4.90. The van der Waals surface area contributed by atoms with E-state index in [9.17, 15) is 4.79 Å². The molecule has 5 aromatic rings. The first-order valence-corrected chi connectivity index (χ1v) is 12.2. The molecule has 5 rings (SSSR count). The Kier molecular flexibility index (Phi) is 6.80. The van der Waals surface area contributed by atoms with Crippen LogP contribution in [0.25, 0.3) is 17.1 Å². The van der Waals surface area contributed by atoms with Crippen LogP contribution in [0.2, 0.25) is 0 Å². The summed E-state index contributed by atoms with van der Waals surface area (Å²) in [6.45, 7) is 3.19. The van der Waals surface area contributed by atoms with Gasteiger partial charge in [0.15, 0.2) is 0 Å². The van der Waals surface area contributed by atoms with Gasteiger partial charge in [-0.2, -0.15) is 5.10 Å². The summed E-state index contributed by atoms with van der Waals surface area (Å²) >= 11 is 0. The van der Waals surface area contributed by atoms with Crippen molar-refractivity contribution in [3.05, 3.63) is 132 Å². The number of aryl methyl sites for hydroxylation is 2. The predicted molar refractivity (Wildman–Crippen MR) is 144 cm³/mol. The van der Waals surface area contributed by atoms with E-state index in [1.54, 1.807) is 4.68 Å². The Labute approximate surface area is 212 Å². The number of nitrogens with zero attached hydrogens (tertiary/aromatic N) is 4. The van der Waals surface area contributed by atoms with Crippen molar-refractivity contribution in [2.75, 3.05) is 6.54 Å². The fourth-order valence-corrected chi connectivity index (χ4v) is 4.47. The zero-order valence-corrected chi connectivity index (χ0v) is 20.7. The fourth-order valence-electron chi connectivity index (χ4n) is 4.47. The minimum Gasteiger partial charge on any atom is -0.349 e. The largest absolute Gasteiger partial charge is 0.349 e. The molecule has 3 aromatic carbocycles. The van der Waals surface area contributed by atoms with E-state index in [2.05, 4.69) is 30.3 Å². The molecule has 0 aliphatic carbocycles. The number of hydrogen-bond donors (Lipinski definition) is 0. The SMILES string of the molecule is Cc1cccc(-n2nc(-c3cccn3C)cc2C(=O)N(CCc2ccccc2)Cc2ccccc2)c1. The standard InChI is InChI=1S/C31H30N4O/c1-24-11-9-16-27(21-24)35-30(22-28(32-35)29-17-10-19-33(29)2)31(36)34(23-26-14-7-4-8-15-26)20-18-25-12-5-3-6-13-25/h3-17,19,21-22H,18,20,23H2,1-2H3. The van der Waals surface area contributed by atoms with Gasteiger partial charge in [-0.1, -0.05) is 72.8 Å². The van der Waals surface area contributed by atoms with Crippen LogP contribution in [-0.4, -0.2) is 31.7 Å². The maximum atomic E-state index is 14.2. The lowest BCUT2D eigenvalue weighted by atomic mass is 10.1. The Hall–Kier alpha value is -4.38. The zero-order chi connectivity index (χ0) is 24.9. The summed E-state index contributed by atoms with van der Waals surface area (Å²) in [6.07, 6.45) is 2.77. The molecular formula is C31H30N4O. The number of carbonyl (C=O) groups is 1. The van der Waals surface area contributed by atoms with Crippen molar-refractivity contribution >= 4 is 5.91 Å². The Bertz CT molecular complexity index is 1450. The normalized spacial score (nSPS) is 10.9. The number of amides is 1.